The minimum atomic E-state index is -0.502. The van der Waals surface area contributed by atoms with Crippen molar-refractivity contribution in [1.82, 2.24) is 14.9 Å². The lowest BCUT2D eigenvalue weighted by Crippen LogP contribution is -2.44. The van der Waals surface area contributed by atoms with Gasteiger partial charge >= 0.3 is 0 Å². The second-order valence-electron chi connectivity index (χ2n) is 6.59. The summed E-state index contributed by atoms with van der Waals surface area (Å²) in [6.45, 7) is 3.31. The second-order valence-corrected chi connectivity index (χ2v) is 6.99. The van der Waals surface area contributed by atoms with Crippen molar-refractivity contribution in [2.75, 3.05) is 43.4 Å². The summed E-state index contributed by atoms with van der Waals surface area (Å²) in [6, 6.07) is 7.46. The summed E-state index contributed by atoms with van der Waals surface area (Å²) < 4.78 is 28.2. The highest BCUT2D eigenvalue weighted by Gasteiger charge is 2.19. The molecule has 0 bridgehead atoms. The summed E-state index contributed by atoms with van der Waals surface area (Å²) in [5.74, 6) is -0.383. The first kappa shape index (κ1) is 17.9. The minimum Gasteiger partial charge on any atom is -0.367 e. The molecule has 1 saturated heterocycles. The van der Waals surface area contributed by atoms with Crippen LogP contribution in [0.1, 0.15) is 0 Å². The number of hydrogen-bond acceptors (Lipinski definition) is 5. The Balaban J connectivity index is 1.69. The predicted octanol–water partition coefficient (Wildman–Crippen LogP) is 4.06. The van der Waals surface area contributed by atoms with Crippen molar-refractivity contribution in [2.24, 2.45) is 0 Å². The molecule has 0 amide bonds. The Morgan fingerprint density at radius 2 is 1.78 bits per heavy atom. The number of benzene rings is 2. The quantitative estimate of drug-likeness (QED) is 0.732. The van der Waals surface area contributed by atoms with E-state index < -0.39 is 5.82 Å². The normalized spacial score (nSPS) is 15.3. The van der Waals surface area contributed by atoms with Crippen LogP contribution >= 0.6 is 11.6 Å². The van der Waals surface area contributed by atoms with E-state index in [1.807, 2.05) is 4.90 Å². The van der Waals surface area contributed by atoms with Gasteiger partial charge in [0.2, 0.25) is 0 Å². The highest BCUT2D eigenvalue weighted by Crippen LogP contribution is 2.30. The van der Waals surface area contributed by atoms with Crippen LogP contribution in [0.25, 0.3) is 10.9 Å². The average molecular weight is 390 g/mol. The number of nitrogens with one attached hydrogen (secondary N) is 1. The van der Waals surface area contributed by atoms with Crippen LogP contribution in [0.3, 0.4) is 0 Å². The Kier molecular flexibility index (Phi) is 4.80. The van der Waals surface area contributed by atoms with Gasteiger partial charge < -0.3 is 15.1 Å². The molecule has 2 heterocycles. The largest absolute Gasteiger partial charge is 0.367 e. The number of rotatable bonds is 3. The molecule has 0 radical (unpaired) electrons. The summed E-state index contributed by atoms with van der Waals surface area (Å²) in [4.78, 5) is 12.7. The molecule has 1 aromatic heterocycles. The van der Waals surface area contributed by atoms with Crippen molar-refractivity contribution in [3.8, 4) is 0 Å². The third kappa shape index (κ3) is 3.65. The molecule has 8 heteroatoms. The molecule has 1 fully saturated rings. The van der Waals surface area contributed by atoms with Crippen LogP contribution in [0.5, 0.6) is 0 Å². The van der Waals surface area contributed by atoms with Gasteiger partial charge in [-0.2, -0.15) is 0 Å². The molecule has 1 aliphatic heterocycles. The Bertz CT molecular complexity index is 989. The second kappa shape index (κ2) is 7.25. The van der Waals surface area contributed by atoms with Crippen molar-refractivity contribution >= 4 is 39.7 Å². The van der Waals surface area contributed by atoms with E-state index in [1.54, 1.807) is 12.1 Å². The highest BCUT2D eigenvalue weighted by atomic mass is 35.5. The van der Waals surface area contributed by atoms with Gasteiger partial charge in [-0.3, -0.25) is 0 Å². The van der Waals surface area contributed by atoms with Crippen LogP contribution in [0.4, 0.5) is 26.0 Å². The van der Waals surface area contributed by atoms with Crippen LogP contribution in [-0.4, -0.2) is 48.1 Å². The first-order valence-corrected chi connectivity index (χ1v) is 8.99. The van der Waals surface area contributed by atoms with Crippen molar-refractivity contribution in [3.05, 3.63) is 53.3 Å². The van der Waals surface area contributed by atoms with Gasteiger partial charge in [0, 0.05) is 37.3 Å². The number of piperazine rings is 1. The first-order chi connectivity index (χ1) is 13.0. The molecule has 27 heavy (non-hydrogen) atoms. The fourth-order valence-electron chi connectivity index (χ4n) is 3.17. The smallest absolute Gasteiger partial charge is 0.147 e. The van der Waals surface area contributed by atoms with Crippen molar-refractivity contribution in [2.45, 2.75) is 0 Å². The van der Waals surface area contributed by atoms with Gasteiger partial charge in [0.05, 0.1) is 16.2 Å². The summed E-state index contributed by atoms with van der Waals surface area (Å²) in [7, 11) is 2.06. The van der Waals surface area contributed by atoms with Gasteiger partial charge in [-0.15, -0.1) is 0 Å². The number of likely N-dealkylation sites (N-methyl/N-ethyl adjacent to an activating group) is 1. The van der Waals surface area contributed by atoms with E-state index in [0.717, 1.165) is 26.2 Å². The molecule has 4 rings (SSSR count). The molecule has 1 aliphatic rings. The van der Waals surface area contributed by atoms with Crippen LogP contribution in [-0.2, 0) is 0 Å². The zero-order chi connectivity index (χ0) is 19.0. The molecule has 0 spiro atoms. The summed E-state index contributed by atoms with van der Waals surface area (Å²) >= 11 is 5.82. The first-order valence-electron chi connectivity index (χ1n) is 8.61. The summed E-state index contributed by atoms with van der Waals surface area (Å²) in [5.41, 5.74) is 1.74. The molecule has 0 atom stereocenters. The Hall–Kier alpha value is -2.51. The van der Waals surface area contributed by atoms with E-state index in [2.05, 4.69) is 27.2 Å². The van der Waals surface area contributed by atoms with Crippen molar-refractivity contribution in [3.63, 3.8) is 0 Å². The molecule has 5 nitrogen and oxygen atoms in total. The molecule has 0 unspecified atom stereocenters. The molecule has 2 aromatic carbocycles. The van der Waals surface area contributed by atoms with Gasteiger partial charge in [-0.1, -0.05) is 11.6 Å². The Morgan fingerprint density at radius 1 is 1.00 bits per heavy atom. The number of fused-ring (bicyclic) bond motifs is 1. The Labute approximate surface area is 160 Å². The molecule has 140 valence electrons. The number of anilines is 3. The van der Waals surface area contributed by atoms with Gasteiger partial charge in [0.1, 0.15) is 23.8 Å². The molecular formula is C19H18ClF2N5. The predicted molar refractivity (Wildman–Crippen MR) is 104 cm³/mol. The number of hydrogen-bond donors (Lipinski definition) is 1. The van der Waals surface area contributed by atoms with Crippen molar-refractivity contribution < 1.29 is 8.78 Å². The van der Waals surface area contributed by atoms with Crippen LogP contribution in [0, 0.1) is 11.6 Å². The van der Waals surface area contributed by atoms with E-state index in [-0.39, 0.29) is 10.8 Å². The molecular weight excluding hydrogens is 372 g/mol. The van der Waals surface area contributed by atoms with Gasteiger partial charge in [-0.25, -0.2) is 18.7 Å². The van der Waals surface area contributed by atoms with Gasteiger partial charge in [-0.05, 0) is 37.4 Å². The number of aromatic nitrogens is 2. The molecule has 0 aliphatic carbocycles. The monoisotopic (exact) mass is 389 g/mol. The fourth-order valence-corrected chi connectivity index (χ4v) is 3.35. The standard InChI is InChI=1S/C19H18ClF2N5/c1-26-4-6-27(7-5-26)18-10-17-13(9-16(18)22)19(24-11-23-17)25-12-2-3-15(21)14(20)8-12/h2-3,8-11H,4-7H2,1H3,(H,23,24,25). The zero-order valence-electron chi connectivity index (χ0n) is 14.7. The SMILES string of the molecule is CN1CCN(c2cc3ncnc(Nc4ccc(F)c(Cl)c4)c3cc2F)CC1. The van der Waals surface area contributed by atoms with Gasteiger partial charge in [0.15, 0.2) is 0 Å². The maximum absolute atomic E-state index is 14.8. The van der Waals surface area contributed by atoms with Crippen molar-refractivity contribution in [1.29, 1.82) is 0 Å². The van der Waals surface area contributed by atoms with E-state index in [0.29, 0.717) is 28.1 Å². The zero-order valence-corrected chi connectivity index (χ0v) is 15.5. The lowest BCUT2D eigenvalue weighted by molar-refractivity contribution is 0.312. The lowest BCUT2D eigenvalue weighted by atomic mass is 10.1. The fraction of sp³-hybridized carbons (Fsp3) is 0.263. The highest BCUT2D eigenvalue weighted by molar-refractivity contribution is 6.31. The van der Waals surface area contributed by atoms with E-state index in [9.17, 15) is 8.78 Å². The average Bonchev–Trinajstić information content (AvgIpc) is 2.66. The topological polar surface area (TPSA) is 44.3 Å². The number of nitrogens with zero attached hydrogens (tertiary/aromatic N) is 4. The summed E-state index contributed by atoms with van der Waals surface area (Å²) in [5, 5.41) is 3.61. The third-order valence-corrected chi connectivity index (χ3v) is 5.02. The van der Waals surface area contributed by atoms with Gasteiger partial charge in [0.25, 0.3) is 0 Å². The van der Waals surface area contributed by atoms with E-state index in [4.69, 9.17) is 11.6 Å². The Morgan fingerprint density at radius 3 is 2.52 bits per heavy atom. The molecule has 0 saturated carbocycles. The maximum atomic E-state index is 14.8. The third-order valence-electron chi connectivity index (χ3n) is 4.73. The van der Waals surface area contributed by atoms with Crippen LogP contribution in [0.15, 0.2) is 36.7 Å². The molecule has 1 N–H and O–H groups in total. The van der Waals surface area contributed by atoms with E-state index in [1.165, 1.54) is 24.5 Å². The van der Waals surface area contributed by atoms with Crippen LogP contribution < -0.4 is 10.2 Å². The van der Waals surface area contributed by atoms with E-state index >= 15 is 0 Å². The number of halogens is 3. The minimum absolute atomic E-state index is 0.00175. The van der Waals surface area contributed by atoms with Crippen LogP contribution in [0.2, 0.25) is 5.02 Å². The maximum Gasteiger partial charge on any atom is 0.147 e. The lowest BCUT2D eigenvalue weighted by Gasteiger charge is -2.34. The molecule has 3 aromatic rings. The summed E-state index contributed by atoms with van der Waals surface area (Å²) in [6.07, 6.45) is 1.42.